The van der Waals surface area contributed by atoms with E-state index in [1.165, 1.54) is 17.0 Å². The topological polar surface area (TPSA) is 86.8 Å². The van der Waals surface area contributed by atoms with Gasteiger partial charge in [-0.1, -0.05) is 78.9 Å². The first-order valence-electron chi connectivity index (χ1n) is 13.8. The van der Waals surface area contributed by atoms with Crippen molar-refractivity contribution in [2.45, 2.75) is 57.2 Å². The van der Waals surface area contributed by atoms with Crippen LogP contribution in [0.3, 0.4) is 0 Å². The van der Waals surface area contributed by atoms with Crippen LogP contribution in [0.5, 0.6) is 0 Å². The van der Waals surface area contributed by atoms with Gasteiger partial charge in [-0.15, -0.1) is 0 Å². The van der Waals surface area contributed by atoms with Crippen LogP contribution in [0, 0.1) is 5.82 Å². The third-order valence-electron chi connectivity index (χ3n) is 7.41. The number of benzene rings is 3. The third kappa shape index (κ3) is 8.46. The Kier molecular flexibility index (Phi) is 10.9. The quantitative estimate of drug-likeness (QED) is 0.281. The van der Waals surface area contributed by atoms with Crippen LogP contribution < -0.4 is 9.62 Å². The van der Waals surface area contributed by atoms with E-state index < -0.39 is 34.3 Å². The SMILES string of the molecule is CS(=O)(=O)N(CC(=O)N(Cc1c(Cl)cccc1Cl)[C@@H](Cc1ccccc1)C(=O)NC1CCCCC1)c1ccc(F)cc1. The van der Waals surface area contributed by atoms with Gasteiger partial charge in [-0.05, 0) is 54.8 Å². The zero-order valence-corrected chi connectivity index (χ0v) is 25.6. The summed E-state index contributed by atoms with van der Waals surface area (Å²) >= 11 is 13.0. The first kappa shape index (κ1) is 31.8. The number of hydrogen-bond acceptors (Lipinski definition) is 4. The number of hydrogen-bond donors (Lipinski definition) is 1. The van der Waals surface area contributed by atoms with Gasteiger partial charge in [0.1, 0.15) is 18.4 Å². The van der Waals surface area contributed by atoms with Crippen LogP contribution >= 0.6 is 23.2 Å². The molecule has 0 aromatic heterocycles. The van der Waals surface area contributed by atoms with Crippen LogP contribution in [0.2, 0.25) is 10.0 Å². The molecule has 0 heterocycles. The van der Waals surface area contributed by atoms with Gasteiger partial charge < -0.3 is 10.2 Å². The summed E-state index contributed by atoms with van der Waals surface area (Å²) in [6.45, 7) is -0.748. The lowest BCUT2D eigenvalue weighted by Gasteiger charge is -2.35. The van der Waals surface area contributed by atoms with Crippen molar-refractivity contribution in [3.63, 3.8) is 0 Å². The van der Waals surface area contributed by atoms with Gasteiger partial charge in [0, 0.05) is 34.6 Å². The number of nitrogens with one attached hydrogen (secondary N) is 1. The van der Waals surface area contributed by atoms with Gasteiger partial charge in [-0.3, -0.25) is 13.9 Å². The lowest BCUT2D eigenvalue weighted by Crippen LogP contribution is -2.55. The molecule has 0 radical (unpaired) electrons. The Morgan fingerprint density at radius 2 is 1.55 bits per heavy atom. The fraction of sp³-hybridized carbons (Fsp3) is 0.355. The van der Waals surface area contributed by atoms with Crippen molar-refractivity contribution in [2.75, 3.05) is 17.1 Å². The molecule has 1 aliphatic rings. The second-order valence-electron chi connectivity index (χ2n) is 10.5. The zero-order chi connectivity index (χ0) is 30.3. The molecule has 1 aliphatic carbocycles. The van der Waals surface area contributed by atoms with Crippen LogP contribution in [-0.4, -0.2) is 50.0 Å². The van der Waals surface area contributed by atoms with E-state index in [2.05, 4.69) is 5.32 Å². The van der Waals surface area contributed by atoms with Gasteiger partial charge in [0.2, 0.25) is 21.8 Å². The molecule has 0 unspecified atom stereocenters. The normalized spacial score (nSPS) is 14.7. The molecule has 4 rings (SSSR count). The first-order chi connectivity index (χ1) is 20.0. The summed E-state index contributed by atoms with van der Waals surface area (Å²) < 4.78 is 40.2. The molecule has 1 N–H and O–H groups in total. The number of carbonyl (C=O) groups is 2. The molecule has 0 bridgehead atoms. The van der Waals surface area contributed by atoms with Crippen LogP contribution in [0.15, 0.2) is 72.8 Å². The fourth-order valence-corrected chi connectivity index (χ4v) is 6.54. The van der Waals surface area contributed by atoms with E-state index in [4.69, 9.17) is 23.2 Å². The van der Waals surface area contributed by atoms with Gasteiger partial charge in [0.15, 0.2) is 0 Å². The summed E-state index contributed by atoms with van der Waals surface area (Å²) in [6.07, 6.45) is 5.97. The monoisotopic (exact) mass is 633 g/mol. The van der Waals surface area contributed by atoms with E-state index in [9.17, 15) is 22.4 Å². The Morgan fingerprint density at radius 3 is 2.14 bits per heavy atom. The average Bonchev–Trinajstić information content (AvgIpc) is 2.96. The maximum atomic E-state index is 14.2. The number of carbonyl (C=O) groups excluding carboxylic acids is 2. The predicted molar refractivity (Wildman–Crippen MR) is 165 cm³/mol. The van der Waals surface area contributed by atoms with Gasteiger partial charge in [0.25, 0.3) is 0 Å². The fourth-order valence-electron chi connectivity index (χ4n) is 5.17. The molecule has 2 amide bonds. The van der Waals surface area contributed by atoms with E-state index in [0.717, 1.165) is 60.4 Å². The van der Waals surface area contributed by atoms with Crippen molar-refractivity contribution in [3.05, 3.63) is 99.8 Å². The number of halogens is 3. The molecule has 1 saturated carbocycles. The first-order valence-corrected chi connectivity index (χ1v) is 16.4. The molecule has 7 nitrogen and oxygen atoms in total. The average molecular weight is 635 g/mol. The van der Waals surface area contributed by atoms with Crippen LogP contribution in [0.4, 0.5) is 10.1 Å². The predicted octanol–water partition coefficient (Wildman–Crippen LogP) is 5.99. The Morgan fingerprint density at radius 1 is 0.929 bits per heavy atom. The lowest BCUT2D eigenvalue weighted by atomic mass is 9.94. The van der Waals surface area contributed by atoms with Crippen molar-refractivity contribution >= 4 is 50.7 Å². The highest BCUT2D eigenvalue weighted by atomic mass is 35.5. The molecule has 0 saturated heterocycles. The number of anilines is 1. The van der Waals surface area contributed by atoms with Crippen molar-refractivity contribution < 1.29 is 22.4 Å². The minimum absolute atomic E-state index is 0.0166. The van der Waals surface area contributed by atoms with Crippen molar-refractivity contribution in [1.82, 2.24) is 10.2 Å². The van der Waals surface area contributed by atoms with E-state index in [1.807, 2.05) is 30.3 Å². The second kappa shape index (κ2) is 14.4. The van der Waals surface area contributed by atoms with Crippen molar-refractivity contribution in [3.8, 4) is 0 Å². The minimum atomic E-state index is -3.97. The van der Waals surface area contributed by atoms with Gasteiger partial charge in [-0.2, -0.15) is 0 Å². The molecular weight excluding hydrogens is 600 g/mol. The lowest BCUT2D eigenvalue weighted by molar-refractivity contribution is -0.140. The highest BCUT2D eigenvalue weighted by molar-refractivity contribution is 7.92. The Labute approximate surface area is 256 Å². The van der Waals surface area contributed by atoms with Crippen LogP contribution in [0.1, 0.15) is 43.2 Å². The van der Waals surface area contributed by atoms with E-state index in [-0.39, 0.29) is 30.6 Å². The summed E-state index contributed by atoms with van der Waals surface area (Å²) in [4.78, 5) is 29.5. The van der Waals surface area contributed by atoms with E-state index in [0.29, 0.717) is 15.6 Å². The van der Waals surface area contributed by atoms with Gasteiger partial charge >= 0.3 is 0 Å². The van der Waals surface area contributed by atoms with E-state index >= 15 is 0 Å². The standard InChI is InChI=1S/C31H34Cl2FN3O4S/c1-42(40,41)37(25-17-15-23(34)16-18-25)21-30(38)36(20-26-27(32)13-8-14-28(26)33)29(19-22-9-4-2-5-10-22)31(39)35-24-11-6-3-7-12-24/h2,4-5,8-10,13-18,24,29H,3,6-7,11-12,19-21H2,1H3,(H,35,39)/t29-/m0/s1. The third-order valence-corrected chi connectivity index (χ3v) is 9.26. The minimum Gasteiger partial charge on any atom is -0.352 e. The molecule has 3 aromatic rings. The molecule has 11 heteroatoms. The maximum absolute atomic E-state index is 14.2. The summed E-state index contributed by atoms with van der Waals surface area (Å²) in [5, 5.41) is 3.76. The largest absolute Gasteiger partial charge is 0.352 e. The molecule has 1 atom stereocenters. The number of amides is 2. The van der Waals surface area contributed by atoms with Crippen LogP contribution in [-0.2, 0) is 32.6 Å². The maximum Gasteiger partial charge on any atom is 0.244 e. The summed E-state index contributed by atoms with van der Waals surface area (Å²) in [5.74, 6) is -1.52. The molecule has 224 valence electrons. The van der Waals surface area contributed by atoms with Crippen LogP contribution in [0.25, 0.3) is 0 Å². The molecular formula is C31H34Cl2FN3O4S. The molecule has 0 aliphatic heterocycles. The zero-order valence-electron chi connectivity index (χ0n) is 23.3. The number of nitrogens with zero attached hydrogens (tertiary/aromatic N) is 2. The highest BCUT2D eigenvalue weighted by Crippen LogP contribution is 2.28. The van der Waals surface area contributed by atoms with Gasteiger partial charge in [-0.25, -0.2) is 12.8 Å². The van der Waals surface area contributed by atoms with Crippen molar-refractivity contribution in [1.29, 1.82) is 0 Å². The van der Waals surface area contributed by atoms with Gasteiger partial charge in [0.05, 0.1) is 11.9 Å². The Hall–Kier alpha value is -3.14. The summed E-state index contributed by atoms with van der Waals surface area (Å²) in [5.41, 5.74) is 1.38. The Balaban J connectivity index is 1.75. The smallest absolute Gasteiger partial charge is 0.244 e. The molecule has 0 spiro atoms. The number of sulfonamides is 1. The van der Waals surface area contributed by atoms with Crippen molar-refractivity contribution in [2.24, 2.45) is 0 Å². The Bertz CT molecular complexity index is 1460. The molecule has 42 heavy (non-hydrogen) atoms. The van der Waals surface area contributed by atoms with E-state index in [1.54, 1.807) is 18.2 Å². The highest BCUT2D eigenvalue weighted by Gasteiger charge is 2.34. The summed E-state index contributed by atoms with van der Waals surface area (Å²) in [6, 6.07) is 18.1. The summed E-state index contributed by atoms with van der Waals surface area (Å²) in [7, 11) is -3.97. The molecule has 3 aromatic carbocycles. The molecule has 1 fully saturated rings. The number of rotatable bonds is 11. The second-order valence-corrected chi connectivity index (χ2v) is 13.2.